The van der Waals surface area contributed by atoms with E-state index >= 15 is 0 Å². The average molecular weight is 232 g/mol. The van der Waals surface area contributed by atoms with Crippen LogP contribution in [0, 0.1) is 10.1 Å². The third kappa shape index (κ3) is 2.41. The molecule has 1 aromatic carbocycles. The lowest BCUT2D eigenvalue weighted by Crippen LogP contribution is -2.07. The standard InChI is InChI=1S/C11H12N4O2/c1-8(9-5-3-2-4-6-9)13-10-7-12-14-11(10)15(16)17/h2-8,13H,1H3,(H,12,14). The molecule has 0 saturated heterocycles. The molecule has 1 unspecified atom stereocenters. The minimum atomic E-state index is -0.493. The van der Waals surface area contributed by atoms with Crippen molar-refractivity contribution in [3.8, 4) is 0 Å². The van der Waals surface area contributed by atoms with Gasteiger partial charge in [-0.2, -0.15) is 0 Å². The van der Waals surface area contributed by atoms with Crippen molar-refractivity contribution >= 4 is 11.5 Å². The molecule has 2 N–H and O–H groups in total. The minimum Gasteiger partial charge on any atom is -0.370 e. The predicted octanol–water partition coefficient (Wildman–Crippen LogP) is 2.49. The van der Waals surface area contributed by atoms with Crippen molar-refractivity contribution in [1.29, 1.82) is 0 Å². The van der Waals surface area contributed by atoms with Crippen molar-refractivity contribution in [2.24, 2.45) is 0 Å². The Labute approximate surface area is 97.8 Å². The van der Waals surface area contributed by atoms with Gasteiger partial charge in [-0.25, -0.2) is 0 Å². The fourth-order valence-corrected chi connectivity index (χ4v) is 1.58. The van der Waals surface area contributed by atoms with Gasteiger partial charge in [0.25, 0.3) is 0 Å². The zero-order valence-electron chi connectivity index (χ0n) is 9.25. The van der Waals surface area contributed by atoms with Gasteiger partial charge in [-0.1, -0.05) is 35.4 Å². The molecule has 0 spiro atoms. The maximum atomic E-state index is 10.7. The van der Waals surface area contributed by atoms with Crippen molar-refractivity contribution in [3.05, 3.63) is 52.2 Å². The van der Waals surface area contributed by atoms with Gasteiger partial charge in [-0.3, -0.25) is 0 Å². The summed E-state index contributed by atoms with van der Waals surface area (Å²) in [7, 11) is 0. The SMILES string of the molecule is CC(Nc1cn[nH]c1[N+](=O)[O-])c1ccccc1. The van der Waals surface area contributed by atoms with Gasteiger partial charge in [0.15, 0.2) is 5.69 Å². The van der Waals surface area contributed by atoms with E-state index < -0.39 is 4.92 Å². The molecule has 1 atom stereocenters. The highest BCUT2D eigenvalue weighted by Gasteiger charge is 2.16. The van der Waals surface area contributed by atoms with Crippen LogP contribution in [0.2, 0.25) is 0 Å². The second-order valence-electron chi connectivity index (χ2n) is 3.67. The van der Waals surface area contributed by atoms with Crippen LogP contribution in [-0.2, 0) is 0 Å². The number of hydrogen-bond donors (Lipinski definition) is 2. The van der Waals surface area contributed by atoms with Crippen molar-refractivity contribution in [3.63, 3.8) is 0 Å². The highest BCUT2D eigenvalue weighted by Crippen LogP contribution is 2.25. The van der Waals surface area contributed by atoms with E-state index in [0.717, 1.165) is 5.56 Å². The van der Waals surface area contributed by atoms with Crippen LogP contribution in [0.4, 0.5) is 11.5 Å². The van der Waals surface area contributed by atoms with Crippen LogP contribution >= 0.6 is 0 Å². The Kier molecular flexibility index (Phi) is 3.04. The van der Waals surface area contributed by atoms with Crippen LogP contribution in [0.1, 0.15) is 18.5 Å². The Hall–Kier alpha value is -2.37. The summed E-state index contributed by atoms with van der Waals surface area (Å²) in [4.78, 5) is 10.2. The largest absolute Gasteiger partial charge is 0.370 e. The maximum absolute atomic E-state index is 10.7. The molecule has 0 fully saturated rings. The second kappa shape index (κ2) is 4.65. The number of H-pyrrole nitrogens is 1. The van der Waals surface area contributed by atoms with Crippen molar-refractivity contribution < 1.29 is 4.92 Å². The number of aromatic amines is 1. The zero-order chi connectivity index (χ0) is 12.3. The van der Waals surface area contributed by atoms with Crippen LogP contribution in [0.25, 0.3) is 0 Å². The van der Waals surface area contributed by atoms with Gasteiger partial charge in [0.1, 0.15) is 6.20 Å². The molecule has 0 aliphatic carbocycles. The topological polar surface area (TPSA) is 83.8 Å². The highest BCUT2D eigenvalue weighted by atomic mass is 16.6. The van der Waals surface area contributed by atoms with Crippen LogP contribution in [0.3, 0.4) is 0 Å². The van der Waals surface area contributed by atoms with Gasteiger partial charge in [0, 0.05) is 6.04 Å². The summed E-state index contributed by atoms with van der Waals surface area (Å²) < 4.78 is 0. The minimum absolute atomic E-state index is 0.0208. The first kappa shape index (κ1) is 11.1. The quantitative estimate of drug-likeness (QED) is 0.626. The monoisotopic (exact) mass is 232 g/mol. The molecular weight excluding hydrogens is 220 g/mol. The van der Waals surface area contributed by atoms with Crippen LogP contribution in [0.15, 0.2) is 36.5 Å². The lowest BCUT2D eigenvalue weighted by molar-refractivity contribution is -0.388. The molecule has 0 bridgehead atoms. The number of anilines is 1. The van der Waals surface area contributed by atoms with Gasteiger partial charge >= 0.3 is 5.82 Å². The third-order valence-electron chi connectivity index (χ3n) is 2.47. The lowest BCUT2D eigenvalue weighted by Gasteiger charge is -2.13. The second-order valence-corrected chi connectivity index (χ2v) is 3.67. The number of hydrogen-bond acceptors (Lipinski definition) is 4. The van der Waals surface area contributed by atoms with Gasteiger partial charge in [0.05, 0.1) is 0 Å². The first-order chi connectivity index (χ1) is 8.18. The first-order valence-corrected chi connectivity index (χ1v) is 5.17. The molecule has 0 radical (unpaired) electrons. The van der Waals surface area contributed by atoms with Crippen molar-refractivity contribution in [2.75, 3.05) is 5.32 Å². The summed E-state index contributed by atoms with van der Waals surface area (Å²) in [5.41, 5.74) is 1.45. The average Bonchev–Trinajstić information content (AvgIpc) is 2.78. The number of nitro groups is 1. The number of rotatable bonds is 4. The van der Waals surface area contributed by atoms with Gasteiger partial charge < -0.3 is 15.4 Å². The Morgan fingerprint density at radius 3 is 2.76 bits per heavy atom. The number of benzene rings is 1. The van der Waals surface area contributed by atoms with Gasteiger partial charge in [0.2, 0.25) is 0 Å². The van der Waals surface area contributed by atoms with E-state index in [1.54, 1.807) is 0 Å². The van der Waals surface area contributed by atoms with E-state index in [1.807, 2.05) is 37.3 Å². The lowest BCUT2D eigenvalue weighted by atomic mass is 10.1. The first-order valence-electron chi connectivity index (χ1n) is 5.17. The Morgan fingerprint density at radius 1 is 1.41 bits per heavy atom. The van der Waals surface area contributed by atoms with Crippen molar-refractivity contribution in [1.82, 2.24) is 10.2 Å². The number of nitrogens with zero attached hydrogens (tertiary/aromatic N) is 2. The molecule has 6 nitrogen and oxygen atoms in total. The molecule has 0 amide bonds. The van der Waals surface area contributed by atoms with Crippen LogP contribution < -0.4 is 5.32 Å². The molecular formula is C11H12N4O2. The highest BCUT2D eigenvalue weighted by molar-refractivity contribution is 5.56. The molecule has 1 aromatic heterocycles. The summed E-state index contributed by atoms with van der Waals surface area (Å²) in [6.45, 7) is 1.94. The Morgan fingerprint density at radius 2 is 2.12 bits per heavy atom. The van der Waals surface area contributed by atoms with Crippen molar-refractivity contribution in [2.45, 2.75) is 13.0 Å². The van der Waals surface area contributed by atoms with E-state index in [9.17, 15) is 10.1 Å². The molecule has 2 rings (SSSR count). The van der Waals surface area contributed by atoms with Gasteiger partial charge in [-0.15, -0.1) is 5.10 Å². The molecule has 17 heavy (non-hydrogen) atoms. The van der Waals surface area contributed by atoms with Crippen LogP contribution in [0.5, 0.6) is 0 Å². The molecule has 0 aliphatic rings. The van der Waals surface area contributed by atoms with Crippen LogP contribution in [-0.4, -0.2) is 15.1 Å². The molecule has 0 saturated carbocycles. The van der Waals surface area contributed by atoms with Gasteiger partial charge in [-0.05, 0) is 17.4 Å². The number of nitrogens with one attached hydrogen (secondary N) is 2. The zero-order valence-corrected chi connectivity index (χ0v) is 9.25. The maximum Gasteiger partial charge on any atom is 0.366 e. The third-order valence-corrected chi connectivity index (χ3v) is 2.47. The normalized spacial score (nSPS) is 12.1. The molecule has 1 heterocycles. The fraction of sp³-hybridized carbons (Fsp3) is 0.182. The number of aromatic nitrogens is 2. The van der Waals surface area contributed by atoms with E-state index in [0.29, 0.717) is 5.69 Å². The molecule has 6 heteroatoms. The molecule has 0 aliphatic heterocycles. The van der Waals surface area contributed by atoms with E-state index in [4.69, 9.17) is 0 Å². The summed E-state index contributed by atoms with van der Waals surface area (Å²) in [6, 6.07) is 9.69. The molecule has 88 valence electrons. The molecule has 2 aromatic rings. The Balaban J connectivity index is 2.16. The summed E-state index contributed by atoms with van der Waals surface area (Å²) in [5, 5.41) is 19.8. The summed E-state index contributed by atoms with van der Waals surface area (Å²) in [6.07, 6.45) is 1.41. The van der Waals surface area contributed by atoms with E-state index in [2.05, 4.69) is 15.5 Å². The van der Waals surface area contributed by atoms with E-state index in [1.165, 1.54) is 6.20 Å². The van der Waals surface area contributed by atoms with E-state index in [-0.39, 0.29) is 11.9 Å². The smallest absolute Gasteiger partial charge is 0.366 e. The summed E-state index contributed by atoms with van der Waals surface area (Å²) >= 11 is 0. The Bertz CT molecular complexity index is 509. The summed E-state index contributed by atoms with van der Waals surface area (Å²) in [5.74, 6) is -0.118. The predicted molar refractivity (Wildman–Crippen MR) is 63.7 cm³/mol. The fourth-order valence-electron chi connectivity index (χ4n) is 1.58.